The van der Waals surface area contributed by atoms with E-state index in [-0.39, 0.29) is 5.41 Å². The molecule has 3 aliphatic rings. The Hall–Kier alpha value is -0.510. The summed E-state index contributed by atoms with van der Waals surface area (Å²) in [5, 5.41) is 10.1. The van der Waals surface area contributed by atoms with E-state index < -0.39 is 0 Å². The molecule has 0 unspecified atom stereocenters. The number of nitrogens with zero attached hydrogens (tertiary/aromatic N) is 1. The van der Waals surface area contributed by atoms with Crippen molar-refractivity contribution in [1.29, 1.82) is 5.26 Å². The average Bonchev–Trinajstić information content (AvgIpc) is 2.70. The van der Waals surface area contributed by atoms with Crippen LogP contribution < -0.4 is 0 Å². The topological polar surface area (TPSA) is 23.8 Å². The van der Waals surface area contributed by atoms with Gasteiger partial charge in [0.1, 0.15) is 0 Å². The second kappa shape index (κ2) is 9.61. The molecular weight excluding hydrogens is 314 g/mol. The van der Waals surface area contributed by atoms with Crippen molar-refractivity contribution in [3.05, 3.63) is 0 Å². The van der Waals surface area contributed by atoms with Gasteiger partial charge in [-0.2, -0.15) is 5.26 Å². The fourth-order valence-electron chi connectivity index (χ4n) is 7.00. The summed E-state index contributed by atoms with van der Waals surface area (Å²) in [6.07, 6.45) is 22.1. The smallest absolute Gasteiger partial charge is 0.0692 e. The van der Waals surface area contributed by atoms with Crippen molar-refractivity contribution in [2.45, 2.75) is 117 Å². The first kappa shape index (κ1) is 20.2. The van der Waals surface area contributed by atoms with Crippen LogP contribution >= 0.6 is 0 Å². The molecule has 3 aliphatic carbocycles. The van der Waals surface area contributed by atoms with Gasteiger partial charge in [-0.1, -0.05) is 52.4 Å². The van der Waals surface area contributed by atoms with Crippen LogP contribution in [0.1, 0.15) is 117 Å². The van der Waals surface area contributed by atoms with Crippen LogP contribution in [0, 0.1) is 46.3 Å². The maximum Gasteiger partial charge on any atom is 0.0692 e. The van der Waals surface area contributed by atoms with E-state index in [1.165, 1.54) is 103 Å². The van der Waals surface area contributed by atoms with Crippen molar-refractivity contribution in [2.24, 2.45) is 35.0 Å². The van der Waals surface area contributed by atoms with Gasteiger partial charge in [-0.3, -0.25) is 0 Å². The Bertz CT molecular complexity index is 437. The highest BCUT2D eigenvalue weighted by atomic mass is 14.5. The molecule has 1 heteroatoms. The highest BCUT2D eigenvalue weighted by Gasteiger charge is 2.44. The Morgan fingerprint density at radius 2 is 1.15 bits per heavy atom. The summed E-state index contributed by atoms with van der Waals surface area (Å²) in [6.45, 7) is 4.65. The van der Waals surface area contributed by atoms with E-state index in [0.717, 1.165) is 23.7 Å². The lowest BCUT2D eigenvalue weighted by Gasteiger charge is -2.45. The van der Waals surface area contributed by atoms with Gasteiger partial charge < -0.3 is 0 Å². The predicted molar refractivity (Wildman–Crippen MR) is 111 cm³/mol. The lowest BCUT2D eigenvalue weighted by Crippen LogP contribution is -2.37. The van der Waals surface area contributed by atoms with Gasteiger partial charge >= 0.3 is 0 Å². The average molecular weight is 358 g/mol. The number of hydrogen-bond acceptors (Lipinski definition) is 1. The van der Waals surface area contributed by atoms with Crippen molar-refractivity contribution in [3.63, 3.8) is 0 Å². The molecule has 148 valence electrons. The quantitative estimate of drug-likeness (QED) is 0.474. The molecule has 0 aliphatic heterocycles. The Morgan fingerprint density at radius 1 is 0.692 bits per heavy atom. The zero-order valence-electron chi connectivity index (χ0n) is 17.6. The molecule has 0 radical (unpaired) electrons. The molecule has 0 saturated heterocycles. The highest BCUT2D eigenvalue weighted by molar-refractivity contribution is 5.06. The molecule has 0 bridgehead atoms. The molecule has 0 amide bonds. The molecule has 3 fully saturated rings. The maximum atomic E-state index is 10.1. The number of nitriles is 1. The minimum absolute atomic E-state index is 0.0496. The molecule has 3 rings (SSSR count). The molecule has 0 aromatic heterocycles. The Balaban J connectivity index is 1.47. The number of hydrogen-bond donors (Lipinski definition) is 0. The predicted octanol–water partition coefficient (Wildman–Crippen LogP) is 7.90. The van der Waals surface area contributed by atoms with Crippen LogP contribution in [0.2, 0.25) is 0 Å². The first-order chi connectivity index (χ1) is 12.7. The third-order valence-corrected chi connectivity index (χ3v) is 8.73. The van der Waals surface area contributed by atoms with Crippen LogP contribution in [-0.2, 0) is 0 Å². The van der Waals surface area contributed by atoms with Gasteiger partial charge in [0, 0.05) is 0 Å². The minimum Gasteiger partial charge on any atom is -0.198 e. The first-order valence-electron chi connectivity index (χ1n) is 12.1. The van der Waals surface area contributed by atoms with Crippen molar-refractivity contribution >= 4 is 0 Å². The van der Waals surface area contributed by atoms with Crippen LogP contribution in [-0.4, -0.2) is 0 Å². The van der Waals surface area contributed by atoms with E-state index in [4.69, 9.17) is 0 Å². The van der Waals surface area contributed by atoms with Crippen LogP contribution in [0.5, 0.6) is 0 Å². The van der Waals surface area contributed by atoms with Gasteiger partial charge in [0.15, 0.2) is 0 Å². The lowest BCUT2D eigenvalue weighted by molar-refractivity contribution is 0.0650. The molecule has 0 aromatic carbocycles. The van der Waals surface area contributed by atoms with Crippen molar-refractivity contribution < 1.29 is 0 Å². The molecule has 1 nitrogen and oxygen atoms in total. The molecule has 0 atom stereocenters. The van der Waals surface area contributed by atoms with Gasteiger partial charge in [0.25, 0.3) is 0 Å². The fourth-order valence-corrected chi connectivity index (χ4v) is 7.00. The Kier molecular flexibility index (Phi) is 7.48. The second-order valence-electron chi connectivity index (χ2n) is 10.2. The van der Waals surface area contributed by atoms with E-state index in [0.29, 0.717) is 5.92 Å². The molecular formula is C25H43N. The van der Waals surface area contributed by atoms with Gasteiger partial charge in [-0.05, 0) is 93.8 Å². The summed E-state index contributed by atoms with van der Waals surface area (Å²) in [5.41, 5.74) is 0.0496. The monoisotopic (exact) mass is 357 g/mol. The van der Waals surface area contributed by atoms with Crippen LogP contribution in [0.3, 0.4) is 0 Å². The van der Waals surface area contributed by atoms with Gasteiger partial charge in [-0.25, -0.2) is 0 Å². The largest absolute Gasteiger partial charge is 0.198 e. The summed E-state index contributed by atoms with van der Waals surface area (Å²) < 4.78 is 0. The molecule has 0 aromatic rings. The van der Waals surface area contributed by atoms with Crippen LogP contribution in [0.25, 0.3) is 0 Å². The van der Waals surface area contributed by atoms with Crippen LogP contribution in [0.4, 0.5) is 0 Å². The highest BCUT2D eigenvalue weighted by Crippen LogP contribution is 2.52. The first-order valence-corrected chi connectivity index (χ1v) is 12.1. The molecule has 3 saturated carbocycles. The Labute approximate surface area is 163 Å². The molecule has 0 spiro atoms. The van der Waals surface area contributed by atoms with Gasteiger partial charge in [0.05, 0.1) is 11.5 Å². The normalized spacial score (nSPS) is 41.5. The molecule has 0 heterocycles. The summed E-state index contributed by atoms with van der Waals surface area (Å²) in [4.78, 5) is 0. The van der Waals surface area contributed by atoms with Crippen molar-refractivity contribution in [1.82, 2.24) is 0 Å². The lowest BCUT2D eigenvalue weighted by atomic mass is 9.58. The zero-order valence-corrected chi connectivity index (χ0v) is 17.6. The standard InChI is InChI=1S/C25H43N/c1-3-5-20-7-9-22(10-8-20)23-11-13-24(14-12-23)25(19-26)17-15-21(6-4-2)16-18-25/h20-24H,3-18H2,1-2H3/t20-,21-,22-,23-,24+,25+. The van der Waals surface area contributed by atoms with Gasteiger partial charge in [0.2, 0.25) is 0 Å². The fraction of sp³-hybridized carbons (Fsp3) is 0.960. The second-order valence-corrected chi connectivity index (χ2v) is 10.2. The third kappa shape index (κ3) is 4.66. The molecule has 26 heavy (non-hydrogen) atoms. The van der Waals surface area contributed by atoms with E-state index in [1.54, 1.807) is 0 Å². The molecule has 0 N–H and O–H groups in total. The van der Waals surface area contributed by atoms with E-state index >= 15 is 0 Å². The van der Waals surface area contributed by atoms with E-state index in [1.807, 2.05) is 0 Å². The van der Waals surface area contributed by atoms with Crippen LogP contribution in [0.15, 0.2) is 0 Å². The summed E-state index contributed by atoms with van der Waals surface area (Å²) in [7, 11) is 0. The SMILES string of the molecule is CCC[C@H]1CC[C@H]([C@H]2CC[C@@H]([C@]3(C#N)CC[C@H](CCC)CC3)CC2)CC1. The zero-order chi connectivity index (χ0) is 18.4. The van der Waals surface area contributed by atoms with Crippen molar-refractivity contribution in [2.75, 3.05) is 0 Å². The van der Waals surface area contributed by atoms with Gasteiger partial charge in [-0.15, -0.1) is 0 Å². The van der Waals surface area contributed by atoms with Crippen molar-refractivity contribution in [3.8, 4) is 6.07 Å². The van der Waals surface area contributed by atoms with E-state index in [2.05, 4.69) is 19.9 Å². The number of rotatable bonds is 6. The maximum absolute atomic E-state index is 10.1. The summed E-state index contributed by atoms with van der Waals surface area (Å²) in [6, 6.07) is 2.86. The minimum atomic E-state index is 0.0496. The summed E-state index contributed by atoms with van der Waals surface area (Å²) >= 11 is 0. The van der Waals surface area contributed by atoms with E-state index in [9.17, 15) is 5.26 Å². The summed E-state index contributed by atoms with van der Waals surface area (Å²) in [5.74, 6) is 4.66. The third-order valence-electron chi connectivity index (χ3n) is 8.73. The Morgan fingerprint density at radius 3 is 1.62 bits per heavy atom.